The number of thioether (sulfide) groups is 1. The molecular weight excluding hydrogens is 250 g/mol. The number of fused-ring (bicyclic) bond motifs is 1. The van der Waals surface area contributed by atoms with Crippen molar-refractivity contribution < 1.29 is 14.7 Å². The van der Waals surface area contributed by atoms with Crippen molar-refractivity contribution in [1.29, 1.82) is 0 Å². The standard InChI is InChI=1S/C13H21NO3S/c1-18-7-3-6-11(15)14-8-9-4-2-5-10(9)12(14)13(16)17/h9-10,12H,2-8H2,1H3,(H,16,17). The molecule has 1 saturated heterocycles. The fourth-order valence-corrected chi connectivity index (χ4v) is 3.82. The van der Waals surface area contributed by atoms with Crippen LogP contribution in [0.1, 0.15) is 32.1 Å². The maximum atomic E-state index is 12.1. The van der Waals surface area contributed by atoms with Crippen molar-refractivity contribution in [3.8, 4) is 0 Å². The molecule has 1 saturated carbocycles. The third-order valence-electron chi connectivity index (χ3n) is 4.20. The molecule has 1 N–H and O–H groups in total. The second-order valence-corrected chi connectivity index (χ2v) is 6.27. The van der Waals surface area contributed by atoms with Gasteiger partial charge in [0.1, 0.15) is 6.04 Å². The zero-order chi connectivity index (χ0) is 13.1. The number of aliphatic carboxylic acids is 1. The van der Waals surface area contributed by atoms with Gasteiger partial charge in [-0.25, -0.2) is 4.79 Å². The highest BCUT2D eigenvalue weighted by atomic mass is 32.2. The van der Waals surface area contributed by atoms with Gasteiger partial charge in [0.15, 0.2) is 0 Å². The lowest BCUT2D eigenvalue weighted by Gasteiger charge is -2.24. The van der Waals surface area contributed by atoms with E-state index in [0.717, 1.165) is 31.4 Å². The van der Waals surface area contributed by atoms with Crippen molar-refractivity contribution in [3.05, 3.63) is 0 Å². The lowest BCUT2D eigenvalue weighted by molar-refractivity contribution is -0.149. The minimum Gasteiger partial charge on any atom is -0.480 e. The number of amides is 1. The van der Waals surface area contributed by atoms with Gasteiger partial charge in [-0.2, -0.15) is 11.8 Å². The second-order valence-electron chi connectivity index (χ2n) is 5.28. The summed E-state index contributed by atoms with van der Waals surface area (Å²) in [5.74, 6) is 0.806. The molecule has 3 atom stereocenters. The van der Waals surface area contributed by atoms with E-state index in [1.54, 1.807) is 16.7 Å². The van der Waals surface area contributed by atoms with E-state index >= 15 is 0 Å². The van der Waals surface area contributed by atoms with Crippen molar-refractivity contribution >= 4 is 23.6 Å². The van der Waals surface area contributed by atoms with E-state index in [1.165, 1.54) is 0 Å². The number of carboxylic acid groups (broad SMARTS) is 1. The summed E-state index contributed by atoms with van der Waals surface area (Å²) in [7, 11) is 0. The summed E-state index contributed by atoms with van der Waals surface area (Å²) >= 11 is 1.72. The molecule has 5 heteroatoms. The number of carbonyl (C=O) groups is 2. The van der Waals surface area contributed by atoms with Crippen LogP contribution in [-0.2, 0) is 9.59 Å². The Balaban J connectivity index is 1.98. The predicted octanol–water partition coefficient (Wildman–Crippen LogP) is 1.84. The van der Waals surface area contributed by atoms with Crippen LogP contribution in [0.3, 0.4) is 0 Å². The van der Waals surface area contributed by atoms with E-state index in [4.69, 9.17) is 0 Å². The second kappa shape index (κ2) is 5.95. The number of hydrogen-bond acceptors (Lipinski definition) is 3. The number of likely N-dealkylation sites (tertiary alicyclic amines) is 1. The smallest absolute Gasteiger partial charge is 0.326 e. The van der Waals surface area contributed by atoms with Gasteiger partial charge in [0.2, 0.25) is 5.91 Å². The van der Waals surface area contributed by atoms with Gasteiger partial charge < -0.3 is 10.0 Å². The van der Waals surface area contributed by atoms with E-state index in [-0.39, 0.29) is 11.8 Å². The average molecular weight is 271 g/mol. The monoisotopic (exact) mass is 271 g/mol. The first-order chi connectivity index (χ1) is 8.65. The van der Waals surface area contributed by atoms with Crippen LogP contribution in [0.4, 0.5) is 0 Å². The van der Waals surface area contributed by atoms with Crippen molar-refractivity contribution in [2.24, 2.45) is 11.8 Å². The average Bonchev–Trinajstić information content (AvgIpc) is 2.87. The molecule has 1 amide bonds. The fourth-order valence-electron chi connectivity index (χ4n) is 3.39. The summed E-state index contributed by atoms with van der Waals surface area (Å²) in [6, 6.07) is -0.556. The van der Waals surface area contributed by atoms with Gasteiger partial charge in [0, 0.05) is 13.0 Å². The molecule has 0 aromatic carbocycles. The highest BCUT2D eigenvalue weighted by molar-refractivity contribution is 7.98. The lowest BCUT2D eigenvalue weighted by atomic mass is 9.94. The van der Waals surface area contributed by atoms with E-state index < -0.39 is 12.0 Å². The van der Waals surface area contributed by atoms with E-state index in [0.29, 0.717) is 18.9 Å². The van der Waals surface area contributed by atoms with Crippen molar-refractivity contribution in [3.63, 3.8) is 0 Å². The molecule has 2 rings (SSSR count). The van der Waals surface area contributed by atoms with Crippen LogP contribution in [0.25, 0.3) is 0 Å². The Hall–Kier alpha value is -0.710. The number of carbonyl (C=O) groups excluding carboxylic acids is 1. The van der Waals surface area contributed by atoms with Gasteiger partial charge >= 0.3 is 5.97 Å². The Kier molecular flexibility index (Phi) is 4.54. The van der Waals surface area contributed by atoms with E-state index in [9.17, 15) is 14.7 Å². The number of carboxylic acids is 1. The van der Waals surface area contributed by atoms with Crippen LogP contribution in [0.15, 0.2) is 0 Å². The summed E-state index contributed by atoms with van der Waals surface area (Å²) < 4.78 is 0. The fraction of sp³-hybridized carbons (Fsp3) is 0.846. The molecule has 0 spiro atoms. The van der Waals surface area contributed by atoms with Crippen LogP contribution in [0, 0.1) is 11.8 Å². The van der Waals surface area contributed by atoms with Crippen molar-refractivity contribution in [2.75, 3.05) is 18.6 Å². The van der Waals surface area contributed by atoms with Gasteiger partial charge in [0.25, 0.3) is 0 Å². The van der Waals surface area contributed by atoms with Gasteiger partial charge in [-0.1, -0.05) is 6.42 Å². The van der Waals surface area contributed by atoms with Crippen LogP contribution < -0.4 is 0 Å². The minimum absolute atomic E-state index is 0.0332. The number of hydrogen-bond donors (Lipinski definition) is 1. The summed E-state index contributed by atoms with van der Waals surface area (Å²) in [4.78, 5) is 25.1. The van der Waals surface area contributed by atoms with Gasteiger partial charge in [-0.3, -0.25) is 4.79 Å². The summed E-state index contributed by atoms with van der Waals surface area (Å²) in [5.41, 5.74) is 0. The molecule has 18 heavy (non-hydrogen) atoms. The Morgan fingerprint density at radius 2 is 2.17 bits per heavy atom. The predicted molar refractivity (Wildman–Crippen MR) is 71.6 cm³/mol. The molecule has 3 unspecified atom stereocenters. The van der Waals surface area contributed by atoms with Gasteiger partial charge in [-0.15, -0.1) is 0 Å². The maximum absolute atomic E-state index is 12.1. The normalized spacial score (nSPS) is 30.5. The molecule has 1 aliphatic heterocycles. The highest BCUT2D eigenvalue weighted by Gasteiger charge is 2.49. The van der Waals surface area contributed by atoms with Crippen molar-refractivity contribution in [1.82, 2.24) is 4.90 Å². The quantitative estimate of drug-likeness (QED) is 0.775. The van der Waals surface area contributed by atoms with E-state index in [1.807, 2.05) is 6.26 Å². The minimum atomic E-state index is -0.817. The first-order valence-electron chi connectivity index (χ1n) is 6.66. The third kappa shape index (κ3) is 2.66. The number of rotatable bonds is 5. The van der Waals surface area contributed by atoms with Crippen molar-refractivity contribution in [2.45, 2.75) is 38.1 Å². The molecule has 1 heterocycles. The van der Waals surface area contributed by atoms with Gasteiger partial charge in [0.05, 0.1) is 0 Å². The lowest BCUT2D eigenvalue weighted by Crippen LogP contribution is -2.43. The third-order valence-corrected chi connectivity index (χ3v) is 4.90. The molecule has 1 aliphatic carbocycles. The topological polar surface area (TPSA) is 57.6 Å². The molecule has 2 fully saturated rings. The van der Waals surface area contributed by atoms with Crippen LogP contribution >= 0.6 is 11.8 Å². The van der Waals surface area contributed by atoms with E-state index in [2.05, 4.69) is 0 Å². The molecule has 102 valence electrons. The molecular formula is C13H21NO3S. The summed E-state index contributed by atoms with van der Waals surface area (Å²) in [6.45, 7) is 0.666. The molecule has 0 bridgehead atoms. The maximum Gasteiger partial charge on any atom is 0.326 e. The number of nitrogens with zero attached hydrogens (tertiary/aromatic N) is 1. The van der Waals surface area contributed by atoms with Crippen LogP contribution in [0.2, 0.25) is 0 Å². The molecule has 0 radical (unpaired) electrons. The Labute approximate surface area is 112 Å². The summed E-state index contributed by atoms with van der Waals surface area (Å²) in [5, 5.41) is 9.35. The largest absolute Gasteiger partial charge is 0.480 e. The first kappa shape index (κ1) is 13.7. The molecule has 2 aliphatic rings. The Morgan fingerprint density at radius 1 is 1.39 bits per heavy atom. The van der Waals surface area contributed by atoms with Crippen LogP contribution in [0.5, 0.6) is 0 Å². The SMILES string of the molecule is CSCCCC(=O)N1CC2CCCC2C1C(=O)O. The van der Waals surface area contributed by atoms with Gasteiger partial charge in [-0.05, 0) is 43.1 Å². The first-order valence-corrected chi connectivity index (χ1v) is 8.05. The van der Waals surface area contributed by atoms with Crippen LogP contribution in [-0.4, -0.2) is 46.5 Å². The summed E-state index contributed by atoms with van der Waals surface area (Å²) in [6.07, 6.45) is 6.53. The molecule has 4 nitrogen and oxygen atoms in total. The zero-order valence-electron chi connectivity index (χ0n) is 10.8. The Morgan fingerprint density at radius 3 is 2.83 bits per heavy atom. The zero-order valence-corrected chi connectivity index (χ0v) is 11.6. The molecule has 0 aromatic heterocycles. The Bertz CT molecular complexity index is 334. The molecule has 0 aromatic rings. The highest BCUT2D eigenvalue weighted by Crippen LogP contribution is 2.42.